The molecular formula is C18H25NO3S. The second-order valence-electron chi connectivity index (χ2n) is 5.91. The van der Waals surface area contributed by atoms with E-state index in [0.717, 1.165) is 25.1 Å². The molecule has 126 valence electrons. The van der Waals surface area contributed by atoms with Crippen molar-refractivity contribution in [2.24, 2.45) is 5.92 Å². The summed E-state index contributed by atoms with van der Waals surface area (Å²) in [4.78, 5) is 26.0. The average molecular weight is 335 g/mol. The molecule has 2 rings (SSSR count). The van der Waals surface area contributed by atoms with E-state index in [2.05, 4.69) is 25.1 Å². The fourth-order valence-electron chi connectivity index (χ4n) is 2.81. The topological polar surface area (TPSA) is 46.6 Å². The summed E-state index contributed by atoms with van der Waals surface area (Å²) in [6.45, 7) is 5.53. The summed E-state index contributed by atoms with van der Waals surface area (Å²) in [5.74, 6) is 1.09. The summed E-state index contributed by atoms with van der Waals surface area (Å²) in [6.07, 6.45) is 1.69. The Morgan fingerprint density at radius 2 is 2.22 bits per heavy atom. The van der Waals surface area contributed by atoms with Crippen molar-refractivity contribution in [1.82, 2.24) is 4.90 Å². The summed E-state index contributed by atoms with van der Waals surface area (Å²) in [5.41, 5.74) is 2.48. The normalized spacial score (nSPS) is 17.8. The first-order valence-electron chi connectivity index (χ1n) is 8.18. The van der Waals surface area contributed by atoms with E-state index in [1.165, 1.54) is 11.1 Å². The van der Waals surface area contributed by atoms with Crippen molar-refractivity contribution in [1.29, 1.82) is 0 Å². The molecule has 0 N–H and O–H groups in total. The first kappa shape index (κ1) is 17.9. The second kappa shape index (κ2) is 8.96. The number of amides is 1. The van der Waals surface area contributed by atoms with Crippen LogP contribution in [0.25, 0.3) is 0 Å². The van der Waals surface area contributed by atoms with Crippen LogP contribution < -0.4 is 0 Å². The molecule has 1 unspecified atom stereocenters. The van der Waals surface area contributed by atoms with Crippen LogP contribution in [0.1, 0.15) is 30.9 Å². The Hall–Kier alpha value is -1.49. The molecule has 1 fully saturated rings. The van der Waals surface area contributed by atoms with Crippen LogP contribution in [-0.2, 0) is 20.1 Å². The van der Waals surface area contributed by atoms with E-state index in [1.54, 1.807) is 11.8 Å². The van der Waals surface area contributed by atoms with Gasteiger partial charge in [-0.2, -0.15) is 0 Å². The average Bonchev–Trinajstić information content (AvgIpc) is 2.55. The lowest BCUT2D eigenvalue weighted by Crippen LogP contribution is -2.43. The molecule has 1 aromatic rings. The number of aryl methyl sites for hydroxylation is 1. The summed E-state index contributed by atoms with van der Waals surface area (Å²) in [7, 11) is 0. The maximum atomic E-state index is 12.3. The van der Waals surface area contributed by atoms with Gasteiger partial charge < -0.3 is 9.64 Å². The highest BCUT2D eigenvalue weighted by atomic mass is 32.2. The fourth-order valence-corrected chi connectivity index (χ4v) is 3.68. The number of esters is 1. The molecule has 1 saturated heterocycles. The van der Waals surface area contributed by atoms with Crippen LogP contribution in [0.15, 0.2) is 24.3 Å². The standard InChI is InChI=1S/C18H25NO3S/c1-3-22-18(21)16-8-5-9-19(11-16)17(20)13-23-12-15-7-4-6-14(2)10-15/h4,6-7,10,16H,3,5,8-9,11-13H2,1-2H3. The first-order valence-corrected chi connectivity index (χ1v) is 9.33. The van der Waals surface area contributed by atoms with Crippen LogP contribution >= 0.6 is 11.8 Å². The van der Waals surface area contributed by atoms with Crippen molar-refractivity contribution in [3.63, 3.8) is 0 Å². The monoisotopic (exact) mass is 335 g/mol. The Morgan fingerprint density at radius 1 is 1.39 bits per heavy atom. The number of piperidine rings is 1. The van der Waals surface area contributed by atoms with Crippen molar-refractivity contribution in [2.45, 2.75) is 32.4 Å². The molecule has 1 aliphatic rings. The van der Waals surface area contributed by atoms with Crippen LogP contribution in [0.5, 0.6) is 0 Å². The van der Waals surface area contributed by atoms with E-state index in [9.17, 15) is 9.59 Å². The molecule has 1 amide bonds. The maximum absolute atomic E-state index is 12.3. The lowest BCUT2D eigenvalue weighted by Gasteiger charge is -2.31. The zero-order valence-corrected chi connectivity index (χ0v) is 14.7. The van der Waals surface area contributed by atoms with Gasteiger partial charge in [-0.25, -0.2) is 0 Å². The molecule has 23 heavy (non-hydrogen) atoms. The Balaban J connectivity index is 1.77. The van der Waals surface area contributed by atoms with Crippen molar-refractivity contribution in [3.05, 3.63) is 35.4 Å². The van der Waals surface area contributed by atoms with Gasteiger partial charge in [0.05, 0.1) is 18.3 Å². The van der Waals surface area contributed by atoms with E-state index >= 15 is 0 Å². The van der Waals surface area contributed by atoms with Crippen LogP contribution in [0.4, 0.5) is 0 Å². The van der Waals surface area contributed by atoms with Gasteiger partial charge in [0.1, 0.15) is 0 Å². The zero-order valence-electron chi connectivity index (χ0n) is 13.9. The minimum absolute atomic E-state index is 0.122. The predicted molar refractivity (Wildman–Crippen MR) is 93.3 cm³/mol. The first-order chi connectivity index (χ1) is 11.1. The predicted octanol–water partition coefficient (Wildman–Crippen LogP) is 3.03. The van der Waals surface area contributed by atoms with Crippen molar-refractivity contribution in [2.75, 3.05) is 25.4 Å². The third-order valence-corrected chi connectivity index (χ3v) is 4.96. The number of ether oxygens (including phenoxy) is 1. The molecule has 0 bridgehead atoms. The molecule has 1 atom stereocenters. The van der Waals surface area contributed by atoms with Gasteiger partial charge >= 0.3 is 5.97 Å². The summed E-state index contributed by atoms with van der Waals surface area (Å²) < 4.78 is 5.08. The number of rotatable bonds is 6. The van der Waals surface area contributed by atoms with E-state index in [4.69, 9.17) is 4.74 Å². The number of benzene rings is 1. The molecule has 1 aromatic carbocycles. The molecule has 1 heterocycles. The van der Waals surface area contributed by atoms with Gasteiger partial charge in [0.2, 0.25) is 5.91 Å². The van der Waals surface area contributed by atoms with Gasteiger partial charge in [-0.1, -0.05) is 29.8 Å². The third kappa shape index (κ3) is 5.57. The highest BCUT2D eigenvalue weighted by molar-refractivity contribution is 7.99. The molecule has 4 nitrogen and oxygen atoms in total. The Labute approximate surface area is 142 Å². The molecule has 0 radical (unpaired) electrons. The second-order valence-corrected chi connectivity index (χ2v) is 6.90. The number of carbonyl (C=O) groups excluding carboxylic acids is 2. The van der Waals surface area contributed by atoms with E-state index in [1.807, 2.05) is 17.9 Å². The number of hydrogen-bond acceptors (Lipinski definition) is 4. The minimum Gasteiger partial charge on any atom is -0.466 e. The van der Waals surface area contributed by atoms with E-state index in [-0.39, 0.29) is 17.8 Å². The Kier molecular flexibility index (Phi) is 6.96. The summed E-state index contributed by atoms with van der Waals surface area (Å²) in [5, 5.41) is 0. The van der Waals surface area contributed by atoms with Gasteiger partial charge in [0.15, 0.2) is 0 Å². The smallest absolute Gasteiger partial charge is 0.310 e. The highest BCUT2D eigenvalue weighted by Crippen LogP contribution is 2.20. The summed E-state index contributed by atoms with van der Waals surface area (Å²) >= 11 is 1.63. The Bertz CT molecular complexity index is 547. The summed E-state index contributed by atoms with van der Waals surface area (Å²) in [6, 6.07) is 8.35. The molecular weight excluding hydrogens is 310 g/mol. The van der Waals surface area contributed by atoms with Crippen LogP contribution in [-0.4, -0.2) is 42.2 Å². The molecule has 0 aromatic heterocycles. The number of carbonyl (C=O) groups is 2. The molecule has 5 heteroatoms. The lowest BCUT2D eigenvalue weighted by atomic mass is 9.98. The number of likely N-dealkylation sites (tertiary alicyclic amines) is 1. The van der Waals surface area contributed by atoms with Crippen LogP contribution in [0, 0.1) is 12.8 Å². The quantitative estimate of drug-likeness (QED) is 0.750. The van der Waals surface area contributed by atoms with Gasteiger partial charge in [0.25, 0.3) is 0 Å². The maximum Gasteiger partial charge on any atom is 0.310 e. The molecule has 1 aliphatic heterocycles. The van der Waals surface area contributed by atoms with Gasteiger partial charge in [-0.3, -0.25) is 9.59 Å². The number of nitrogens with zero attached hydrogens (tertiary/aromatic N) is 1. The molecule has 0 aliphatic carbocycles. The van der Waals surface area contributed by atoms with Gasteiger partial charge in [-0.05, 0) is 32.3 Å². The van der Waals surface area contributed by atoms with Crippen molar-refractivity contribution in [3.8, 4) is 0 Å². The largest absolute Gasteiger partial charge is 0.466 e. The molecule has 0 saturated carbocycles. The van der Waals surface area contributed by atoms with Crippen molar-refractivity contribution >= 4 is 23.6 Å². The van der Waals surface area contributed by atoms with Gasteiger partial charge in [-0.15, -0.1) is 11.8 Å². The number of hydrogen-bond donors (Lipinski definition) is 0. The van der Waals surface area contributed by atoms with Crippen LogP contribution in [0.3, 0.4) is 0 Å². The fraction of sp³-hybridized carbons (Fsp3) is 0.556. The van der Waals surface area contributed by atoms with E-state index in [0.29, 0.717) is 18.9 Å². The van der Waals surface area contributed by atoms with Crippen molar-refractivity contribution < 1.29 is 14.3 Å². The molecule has 0 spiro atoms. The Morgan fingerprint density at radius 3 is 2.96 bits per heavy atom. The minimum atomic E-state index is -0.169. The highest BCUT2D eigenvalue weighted by Gasteiger charge is 2.29. The number of thioether (sulfide) groups is 1. The van der Waals surface area contributed by atoms with Crippen LogP contribution in [0.2, 0.25) is 0 Å². The van der Waals surface area contributed by atoms with E-state index < -0.39 is 0 Å². The zero-order chi connectivity index (χ0) is 16.7. The third-order valence-electron chi connectivity index (χ3n) is 3.97. The SMILES string of the molecule is CCOC(=O)C1CCCN(C(=O)CSCc2cccc(C)c2)C1. The van der Waals surface area contributed by atoms with Gasteiger partial charge in [0, 0.05) is 18.8 Å². The lowest BCUT2D eigenvalue weighted by molar-refractivity contribution is -0.151.